The van der Waals surface area contributed by atoms with E-state index in [1.165, 1.54) is 38.5 Å². The van der Waals surface area contributed by atoms with Gasteiger partial charge in [0.05, 0.1) is 0 Å². The zero-order chi connectivity index (χ0) is 15.0. The quantitative estimate of drug-likeness (QED) is 0.485. The van der Waals surface area contributed by atoms with E-state index in [9.17, 15) is 0 Å². The van der Waals surface area contributed by atoms with E-state index in [1.54, 1.807) is 0 Å². The molecule has 0 unspecified atom stereocenters. The Morgan fingerprint density at radius 1 is 1.00 bits per heavy atom. The van der Waals surface area contributed by atoms with Crippen LogP contribution in [0.3, 0.4) is 0 Å². The Morgan fingerprint density at radius 2 is 1.76 bits per heavy atom. The van der Waals surface area contributed by atoms with Gasteiger partial charge in [-0.15, -0.1) is 0 Å². The van der Waals surface area contributed by atoms with E-state index in [0.29, 0.717) is 0 Å². The molecular weight excluding hydrogens is 262 g/mol. The van der Waals surface area contributed by atoms with Gasteiger partial charge in [-0.2, -0.15) is 0 Å². The van der Waals surface area contributed by atoms with Crippen molar-refractivity contribution in [3.8, 4) is 0 Å². The third kappa shape index (κ3) is 11.5. The van der Waals surface area contributed by atoms with Gasteiger partial charge in [0.25, 0.3) is 0 Å². The van der Waals surface area contributed by atoms with E-state index >= 15 is 0 Å². The molecule has 122 valence electrons. The van der Waals surface area contributed by atoms with Crippen LogP contribution in [0, 0.1) is 0 Å². The second-order valence-electron chi connectivity index (χ2n) is 5.62. The average molecular weight is 295 g/mol. The molecule has 0 aliphatic rings. The molecule has 0 bridgehead atoms. The zero-order valence-electron chi connectivity index (χ0n) is 13.7. The summed E-state index contributed by atoms with van der Waals surface area (Å²) in [6, 6.07) is 0. The van der Waals surface area contributed by atoms with Crippen LogP contribution in [0.15, 0.2) is 12.4 Å². The molecule has 0 aliphatic carbocycles. The number of aromatic nitrogens is 2. The van der Waals surface area contributed by atoms with Gasteiger partial charge in [-0.1, -0.05) is 39.0 Å². The van der Waals surface area contributed by atoms with Crippen molar-refractivity contribution in [2.45, 2.75) is 64.7 Å². The van der Waals surface area contributed by atoms with Gasteiger partial charge in [-0.3, -0.25) is 0 Å². The maximum Gasteiger partial charge on any atom is 0.106 e. The minimum Gasteiger partial charge on any atom is -0.381 e. The van der Waals surface area contributed by atoms with E-state index in [4.69, 9.17) is 4.74 Å². The topological polar surface area (TPSA) is 49.9 Å². The third-order valence-electron chi connectivity index (χ3n) is 3.61. The summed E-state index contributed by atoms with van der Waals surface area (Å²) in [6.07, 6.45) is 15.0. The summed E-state index contributed by atoms with van der Waals surface area (Å²) < 4.78 is 5.65. The summed E-state index contributed by atoms with van der Waals surface area (Å²) in [5, 5.41) is 3.45. The van der Waals surface area contributed by atoms with Crippen molar-refractivity contribution < 1.29 is 4.74 Å². The minimum atomic E-state index is 0.889. The largest absolute Gasteiger partial charge is 0.381 e. The number of nitrogens with one attached hydrogen (secondary N) is 2. The highest BCUT2D eigenvalue weighted by Crippen LogP contribution is 2.04. The third-order valence-corrected chi connectivity index (χ3v) is 3.61. The fourth-order valence-corrected chi connectivity index (χ4v) is 2.33. The standard InChI is InChI=1S/C17H33N3O/c1-2-3-4-5-6-7-15-21-16-9-12-18-11-8-10-17-19-13-14-20-17/h13-14,18H,2-12,15-16H2,1H3,(H,19,20). The molecule has 0 aromatic carbocycles. The normalized spacial score (nSPS) is 11.1. The molecule has 1 heterocycles. The number of unbranched alkanes of at least 4 members (excludes halogenated alkanes) is 5. The number of hydrogen-bond donors (Lipinski definition) is 2. The fraction of sp³-hybridized carbons (Fsp3) is 0.824. The van der Waals surface area contributed by atoms with Gasteiger partial charge in [0.2, 0.25) is 0 Å². The van der Waals surface area contributed by atoms with Crippen LogP contribution in [0.4, 0.5) is 0 Å². The summed E-state index contributed by atoms with van der Waals surface area (Å²) in [4.78, 5) is 7.34. The number of hydrogen-bond acceptors (Lipinski definition) is 3. The highest BCUT2D eigenvalue weighted by molar-refractivity contribution is 4.86. The number of H-pyrrole nitrogens is 1. The predicted molar refractivity (Wildman–Crippen MR) is 88.6 cm³/mol. The van der Waals surface area contributed by atoms with Gasteiger partial charge in [0, 0.05) is 32.0 Å². The summed E-state index contributed by atoms with van der Waals surface area (Å²) in [5.41, 5.74) is 0. The van der Waals surface area contributed by atoms with Crippen molar-refractivity contribution in [1.29, 1.82) is 0 Å². The number of aryl methyl sites for hydroxylation is 1. The Morgan fingerprint density at radius 3 is 2.57 bits per heavy atom. The summed E-state index contributed by atoms with van der Waals surface area (Å²) in [7, 11) is 0. The number of imidazole rings is 1. The summed E-state index contributed by atoms with van der Waals surface area (Å²) in [6.45, 7) is 6.19. The minimum absolute atomic E-state index is 0.889. The molecule has 0 saturated heterocycles. The Bertz CT molecular complexity index is 301. The van der Waals surface area contributed by atoms with E-state index < -0.39 is 0 Å². The molecule has 0 amide bonds. The van der Waals surface area contributed by atoms with E-state index in [1.807, 2.05) is 12.4 Å². The molecule has 0 atom stereocenters. The van der Waals surface area contributed by atoms with Crippen LogP contribution in [0.5, 0.6) is 0 Å². The van der Waals surface area contributed by atoms with Crippen molar-refractivity contribution in [2.24, 2.45) is 0 Å². The molecule has 0 radical (unpaired) electrons. The smallest absolute Gasteiger partial charge is 0.106 e. The van der Waals surface area contributed by atoms with Crippen LogP contribution in [0.1, 0.15) is 64.1 Å². The van der Waals surface area contributed by atoms with Crippen LogP contribution in [0.25, 0.3) is 0 Å². The van der Waals surface area contributed by atoms with Crippen LogP contribution >= 0.6 is 0 Å². The average Bonchev–Trinajstić information content (AvgIpc) is 3.01. The lowest BCUT2D eigenvalue weighted by atomic mass is 10.1. The Hall–Kier alpha value is -0.870. The van der Waals surface area contributed by atoms with Gasteiger partial charge in [0.1, 0.15) is 5.82 Å². The van der Waals surface area contributed by atoms with Crippen molar-refractivity contribution in [1.82, 2.24) is 15.3 Å². The highest BCUT2D eigenvalue weighted by atomic mass is 16.5. The van der Waals surface area contributed by atoms with Gasteiger partial charge >= 0.3 is 0 Å². The molecule has 4 nitrogen and oxygen atoms in total. The predicted octanol–water partition coefficient (Wildman–Crippen LogP) is 3.70. The number of aromatic amines is 1. The molecule has 1 aromatic rings. The van der Waals surface area contributed by atoms with E-state index in [-0.39, 0.29) is 0 Å². The lowest BCUT2D eigenvalue weighted by molar-refractivity contribution is 0.127. The molecular formula is C17H33N3O. The molecule has 2 N–H and O–H groups in total. The first-order valence-electron chi connectivity index (χ1n) is 8.70. The Labute approximate surface area is 130 Å². The van der Waals surface area contributed by atoms with Crippen molar-refractivity contribution in [3.05, 3.63) is 18.2 Å². The van der Waals surface area contributed by atoms with Crippen molar-refractivity contribution in [3.63, 3.8) is 0 Å². The summed E-state index contributed by atoms with van der Waals surface area (Å²) in [5.74, 6) is 1.08. The van der Waals surface area contributed by atoms with E-state index in [0.717, 1.165) is 51.4 Å². The number of rotatable bonds is 15. The van der Waals surface area contributed by atoms with Gasteiger partial charge in [0.15, 0.2) is 0 Å². The second-order valence-corrected chi connectivity index (χ2v) is 5.62. The fourth-order valence-electron chi connectivity index (χ4n) is 2.33. The van der Waals surface area contributed by atoms with Crippen LogP contribution in [-0.2, 0) is 11.2 Å². The molecule has 1 rings (SSSR count). The molecule has 4 heteroatoms. The number of ether oxygens (including phenoxy) is 1. The molecule has 0 saturated carbocycles. The lowest BCUT2D eigenvalue weighted by Gasteiger charge is -2.06. The maximum absolute atomic E-state index is 5.65. The van der Waals surface area contributed by atoms with Crippen molar-refractivity contribution in [2.75, 3.05) is 26.3 Å². The van der Waals surface area contributed by atoms with Crippen LogP contribution in [0.2, 0.25) is 0 Å². The first kappa shape index (κ1) is 18.2. The monoisotopic (exact) mass is 295 g/mol. The van der Waals surface area contributed by atoms with Crippen LogP contribution in [-0.4, -0.2) is 36.3 Å². The van der Waals surface area contributed by atoms with Crippen LogP contribution < -0.4 is 5.32 Å². The first-order chi connectivity index (χ1) is 10.4. The molecule has 0 aliphatic heterocycles. The SMILES string of the molecule is CCCCCCCCOCCCNCCCc1ncc[nH]1. The van der Waals surface area contributed by atoms with Gasteiger partial charge < -0.3 is 15.0 Å². The maximum atomic E-state index is 5.65. The molecule has 0 spiro atoms. The number of nitrogens with zero attached hydrogens (tertiary/aromatic N) is 1. The highest BCUT2D eigenvalue weighted by Gasteiger charge is 1.95. The molecule has 1 aromatic heterocycles. The van der Waals surface area contributed by atoms with Crippen molar-refractivity contribution >= 4 is 0 Å². The molecule has 0 fully saturated rings. The molecule has 21 heavy (non-hydrogen) atoms. The first-order valence-corrected chi connectivity index (χ1v) is 8.70. The lowest BCUT2D eigenvalue weighted by Crippen LogP contribution is -2.18. The van der Waals surface area contributed by atoms with E-state index in [2.05, 4.69) is 22.2 Å². The second kappa shape index (κ2) is 14.1. The summed E-state index contributed by atoms with van der Waals surface area (Å²) >= 11 is 0. The Kier molecular flexibility index (Phi) is 12.2. The van der Waals surface area contributed by atoms with Gasteiger partial charge in [-0.25, -0.2) is 4.98 Å². The van der Waals surface area contributed by atoms with Gasteiger partial charge in [-0.05, 0) is 32.4 Å². The zero-order valence-corrected chi connectivity index (χ0v) is 13.7. The Balaban J connectivity index is 1.69.